The van der Waals surface area contributed by atoms with E-state index in [9.17, 15) is 4.79 Å². The van der Waals surface area contributed by atoms with Gasteiger partial charge in [0.05, 0.1) is 0 Å². The summed E-state index contributed by atoms with van der Waals surface area (Å²) in [6, 6.07) is 7.00. The van der Waals surface area contributed by atoms with Crippen LogP contribution in [0.1, 0.15) is 32.6 Å². The molecule has 0 spiro atoms. The van der Waals surface area contributed by atoms with E-state index in [0.717, 1.165) is 19.3 Å². The lowest BCUT2D eigenvalue weighted by Crippen LogP contribution is -2.56. The van der Waals surface area contributed by atoms with Crippen LogP contribution < -0.4 is 16.0 Å². The van der Waals surface area contributed by atoms with Crippen molar-refractivity contribution in [3.63, 3.8) is 0 Å². The Hall–Kier alpha value is -0.460. The highest BCUT2D eigenvalue weighted by Gasteiger charge is 2.34. The molecule has 0 aliphatic rings. The molecule has 1 amide bonds. The summed E-state index contributed by atoms with van der Waals surface area (Å²) in [6.45, 7) is 2.06. The van der Waals surface area contributed by atoms with Crippen LogP contribution in [0.4, 0.5) is 5.69 Å². The van der Waals surface area contributed by atoms with E-state index in [2.05, 4.69) is 22.9 Å². The quantitative estimate of drug-likeness (QED) is 0.246. The van der Waals surface area contributed by atoms with Gasteiger partial charge < -0.3 is 16.0 Å². The van der Waals surface area contributed by atoms with Crippen molar-refractivity contribution in [2.75, 3.05) is 5.32 Å². The number of unbranched alkanes of at least 4 members (excludes halogenated alkanes) is 2. The first-order valence-corrected chi connectivity index (χ1v) is 9.33. The first kappa shape index (κ1) is 21.6. The zero-order valence-corrected chi connectivity index (χ0v) is 16.9. The number of rotatable bonds is 7. The summed E-state index contributed by atoms with van der Waals surface area (Å²) in [7, 11) is 0. The molecule has 0 heterocycles. The molecule has 0 saturated heterocycles. The molecule has 1 rings (SSSR count). The summed E-state index contributed by atoms with van der Waals surface area (Å²) in [5, 5.41) is 9.12. The van der Waals surface area contributed by atoms with Crippen molar-refractivity contribution in [2.24, 2.45) is 0 Å². The fourth-order valence-electron chi connectivity index (χ4n) is 1.83. The Bertz CT molecular complexity index is 566. The van der Waals surface area contributed by atoms with Crippen LogP contribution in [-0.4, -0.2) is 21.0 Å². The Morgan fingerprint density at radius 2 is 1.96 bits per heavy atom. The van der Waals surface area contributed by atoms with Gasteiger partial charge in [-0.25, -0.2) is 0 Å². The lowest BCUT2D eigenvalue weighted by molar-refractivity contribution is -0.122. The molecule has 3 N–H and O–H groups in total. The van der Waals surface area contributed by atoms with E-state index in [-0.39, 0.29) is 11.0 Å². The largest absolute Gasteiger partial charge is 0.339 e. The smallest absolute Gasteiger partial charge is 0.228 e. The number of hydrogen-bond donors (Lipinski definition) is 3. The molecule has 1 atom stereocenters. The van der Waals surface area contributed by atoms with Gasteiger partial charge in [0.15, 0.2) is 5.11 Å². The average molecular weight is 431 g/mol. The third kappa shape index (κ3) is 8.58. The van der Waals surface area contributed by atoms with Crippen molar-refractivity contribution in [1.82, 2.24) is 10.6 Å². The van der Waals surface area contributed by atoms with Crippen molar-refractivity contribution in [2.45, 2.75) is 42.6 Å². The first-order chi connectivity index (χ1) is 11.2. The third-order valence-electron chi connectivity index (χ3n) is 3.00. The summed E-state index contributed by atoms with van der Waals surface area (Å²) in [5.41, 5.74) is 0.678. The van der Waals surface area contributed by atoms with Gasteiger partial charge in [-0.05, 0) is 36.8 Å². The Labute approximate surface area is 167 Å². The highest BCUT2D eigenvalue weighted by molar-refractivity contribution is 7.80. The van der Waals surface area contributed by atoms with Gasteiger partial charge in [0.25, 0.3) is 0 Å². The van der Waals surface area contributed by atoms with Gasteiger partial charge in [-0.2, -0.15) is 0 Å². The summed E-state index contributed by atoms with van der Waals surface area (Å²) in [6.07, 6.45) is 2.17. The maximum Gasteiger partial charge on any atom is 0.228 e. The number of halogens is 4. The minimum Gasteiger partial charge on any atom is -0.339 e. The van der Waals surface area contributed by atoms with Crippen LogP contribution >= 0.6 is 58.6 Å². The van der Waals surface area contributed by atoms with E-state index in [1.807, 2.05) is 0 Å². The van der Waals surface area contributed by atoms with E-state index < -0.39 is 9.96 Å². The standard InChI is InChI=1S/C15H19Cl4N3OS/c1-2-3-4-8-12(23)21-13(15(17,18)19)22-14(24)20-11-7-5-6-10(16)9-11/h5-7,9,13H,2-4,8H2,1H3,(H,21,23)(H2,20,22,24). The highest BCUT2D eigenvalue weighted by Crippen LogP contribution is 2.29. The number of alkyl halides is 3. The van der Waals surface area contributed by atoms with E-state index in [1.54, 1.807) is 24.3 Å². The Kier molecular flexibility index (Phi) is 9.45. The molecule has 134 valence electrons. The van der Waals surface area contributed by atoms with Gasteiger partial charge >= 0.3 is 0 Å². The predicted octanol–water partition coefficient (Wildman–Crippen LogP) is 5.02. The maximum atomic E-state index is 12.0. The molecule has 1 unspecified atom stereocenters. The van der Waals surface area contributed by atoms with Gasteiger partial charge in [0.1, 0.15) is 6.17 Å². The second kappa shape index (κ2) is 10.5. The van der Waals surface area contributed by atoms with Crippen LogP contribution in [-0.2, 0) is 4.79 Å². The molecule has 0 aliphatic heterocycles. The molecular weight excluding hydrogens is 412 g/mol. The molecule has 9 heteroatoms. The topological polar surface area (TPSA) is 53.2 Å². The highest BCUT2D eigenvalue weighted by atomic mass is 35.6. The summed E-state index contributed by atoms with van der Waals surface area (Å²) >= 11 is 28.9. The second-order valence-electron chi connectivity index (χ2n) is 5.11. The Morgan fingerprint density at radius 3 is 2.54 bits per heavy atom. The molecule has 0 aromatic heterocycles. The minimum absolute atomic E-state index is 0.197. The number of hydrogen-bond acceptors (Lipinski definition) is 2. The summed E-state index contributed by atoms with van der Waals surface area (Å²) < 4.78 is -1.76. The van der Waals surface area contributed by atoms with Crippen LogP contribution in [0.3, 0.4) is 0 Å². The summed E-state index contributed by atoms with van der Waals surface area (Å²) in [5.74, 6) is -0.210. The molecule has 0 saturated carbocycles. The third-order valence-corrected chi connectivity index (χ3v) is 4.11. The van der Waals surface area contributed by atoms with Crippen molar-refractivity contribution in [3.05, 3.63) is 29.3 Å². The van der Waals surface area contributed by atoms with E-state index >= 15 is 0 Å². The predicted molar refractivity (Wildman–Crippen MR) is 107 cm³/mol. The molecule has 24 heavy (non-hydrogen) atoms. The number of nitrogens with one attached hydrogen (secondary N) is 3. The lowest BCUT2D eigenvalue weighted by Gasteiger charge is -2.27. The molecule has 0 fully saturated rings. The van der Waals surface area contributed by atoms with Crippen molar-refractivity contribution in [3.8, 4) is 0 Å². The van der Waals surface area contributed by atoms with Crippen molar-refractivity contribution >= 4 is 75.3 Å². The molecule has 0 aliphatic carbocycles. The van der Waals surface area contributed by atoms with Gasteiger partial charge in [0, 0.05) is 17.1 Å². The van der Waals surface area contributed by atoms with Crippen LogP contribution in [0.25, 0.3) is 0 Å². The van der Waals surface area contributed by atoms with Crippen LogP contribution in [0.2, 0.25) is 5.02 Å². The van der Waals surface area contributed by atoms with E-state index in [1.165, 1.54) is 0 Å². The van der Waals surface area contributed by atoms with Gasteiger partial charge in [-0.15, -0.1) is 0 Å². The molecule has 4 nitrogen and oxygen atoms in total. The number of carbonyl (C=O) groups is 1. The van der Waals surface area contributed by atoms with Crippen LogP contribution in [0, 0.1) is 0 Å². The van der Waals surface area contributed by atoms with E-state index in [0.29, 0.717) is 17.1 Å². The van der Waals surface area contributed by atoms with E-state index in [4.69, 9.17) is 58.6 Å². The molecule has 0 bridgehead atoms. The molecular formula is C15H19Cl4N3OS. The Morgan fingerprint density at radius 1 is 1.25 bits per heavy atom. The normalized spacial score (nSPS) is 12.4. The van der Waals surface area contributed by atoms with Crippen molar-refractivity contribution in [1.29, 1.82) is 0 Å². The second-order valence-corrected chi connectivity index (χ2v) is 8.32. The fourth-order valence-corrected chi connectivity index (χ4v) is 2.59. The monoisotopic (exact) mass is 429 g/mol. The van der Waals surface area contributed by atoms with Gasteiger partial charge in [0.2, 0.25) is 9.70 Å². The van der Waals surface area contributed by atoms with Crippen LogP contribution in [0.5, 0.6) is 0 Å². The maximum absolute atomic E-state index is 12.0. The number of amides is 1. The number of thiocarbonyl (C=S) groups is 1. The Balaban J connectivity index is 2.62. The number of anilines is 1. The van der Waals surface area contributed by atoms with Crippen molar-refractivity contribution < 1.29 is 4.79 Å². The fraction of sp³-hybridized carbons (Fsp3) is 0.467. The van der Waals surface area contributed by atoms with Gasteiger partial charge in [-0.1, -0.05) is 72.2 Å². The zero-order valence-electron chi connectivity index (χ0n) is 13.0. The van der Waals surface area contributed by atoms with Gasteiger partial charge in [-0.3, -0.25) is 4.79 Å². The van der Waals surface area contributed by atoms with Crippen LogP contribution in [0.15, 0.2) is 24.3 Å². The number of benzene rings is 1. The molecule has 1 aromatic rings. The minimum atomic E-state index is -1.76. The zero-order chi connectivity index (χ0) is 18.2. The lowest BCUT2D eigenvalue weighted by atomic mass is 10.2. The molecule has 0 radical (unpaired) electrons. The first-order valence-electron chi connectivity index (χ1n) is 7.41. The SMILES string of the molecule is CCCCCC(=O)NC(NC(=S)Nc1cccc(Cl)c1)C(Cl)(Cl)Cl. The molecule has 1 aromatic carbocycles. The average Bonchev–Trinajstić information content (AvgIpc) is 2.45. The number of carbonyl (C=O) groups excluding carboxylic acids is 1. The summed E-state index contributed by atoms with van der Waals surface area (Å²) in [4.78, 5) is 12.0.